The van der Waals surface area contributed by atoms with Gasteiger partial charge in [0, 0.05) is 12.1 Å². The minimum atomic E-state index is 0.272. The second-order valence-corrected chi connectivity index (χ2v) is 9.26. The molecule has 0 amide bonds. The Kier molecular flexibility index (Phi) is 11.8. The van der Waals surface area contributed by atoms with Gasteiger partial charge in [0.2, 0.25) is 6.79 Å². The van der Waals surface area contributed by atoms with Crippen molar-refractivity contribution < 1.29 is 9.47 Å². The number of benzene rings is 2. The molecule has 8 heteroatoms. The van der Waals surface area contributed by atoms with Crippen molar-refractivity contribution in [3.05, 3.63) is 47.5 Å². The van der Waals surface area contributed by atoms with Crippen molar-refractivity contribution in [2.75, 3.05) is 46.1 Å². The highest BCUT2D eigenvalue weighted by molar-refractivity contribution is 5.69. The van der Waals surface area contributed by atoms with Crippen LogP contribution in [0.2, 0.25) is 0 Å². The Labute approximate surface area is 210 Å². The molecule has 0 bridgehead atoms. The second-order valence-electron chi connectivity index (χ2n) is 9.26. The summed E-state index contributed by atoms with van der Waals surface area (Å²) in [5.74, 6) is 1.59. The van der Waals surface area contributed by atoms with E-state index in [0.717, 1.165) is 68.7 Å². The fraction of sp³-hybridized carbons (Fsp3) is 0.556. The lowest BCUT2D eigenvalue weighted by Gasteiger charge is -2.21. The average molecular weight is 485 g/mol. The summed E-state index contributed by atoms with van der Waals surface area (Å²) in [4.78, 5) is 0. The molecule has 2 aromatic carbocycles. The molecule has 0 aliphatic carbocycles. The van der Waals surface area contributed by atoms with Gasteiger partial charge in [0.15, 0.2) is 11.5 Å². The van der Waals surface area contributed by atoms with Crippen LogP contribution in [0.1, 0.15) is 36.8 Å². The molecule has 0 saturated heterocycles. The first-order valence-corrected chi connectivity index (χ1v) is 13.0. The fourth-order valence-electron chi connectivity index (χ4n) is 4.58. The van der Waals surface area contributed by atoms with Gasteiger partial charge in [-0.2, -0.15) is 0 Å². The molecular formula is C27H44N6O2. The quantitative estimate of drug-likeness (QED) is 0.185. The Morgan fingerprint density at radius 2 is 1.23 bits per heavy atom. The number of ether oxygens (including phenoxy) is 2. The topological polar surface area (TPSA) is 147 Å². The number of fused-ring (bicyclic) bond motifs is 1. The molecule has 0 fully saturated rings. The summed E-state index contributed by atoms with van der Waals surface area (Å²) in [7, 11) is 0. The molecule has 0 spiro atoms. The van der Waals surface area contributed by atoms with Crippen LogP contribution in [0.3, 0.4) is 0 Å². The zero-order chi connectivity index (χ0) is 24.9. The Morgan fingerprint density at radius 3 is 1.77 bits per heavy atom. The normalized spacial score (nSPS) is 14.3. The molecule has 2 unspecified atom stereocenters. The van der Waals surface area contributed by atoms with Crippen molar-refractivity contribution in [3.8, 4) is 22.6 Å². The van der Waals surface area contributed by atoms with Gasteiger partial charge in [0.1, 0.15) is 0 Å². The molecular weight excluding hydrogens is 440 g/mol. The summed E-state index contributed by atoms with van der Waals surface area (Å²) in [5.41, 5.74) is 28.1. The van der Waals surface area contributed by atoms with Gasteiger partial charge >= 0.3 is 0 Å². The van der Waals surface area contributed by atoms with Crippen molar-refractivity contribution in [3.63, 3.8) is 0 Å². The number of rotatable bonds is 17. The molecule has 3 rings (SSSR count). The summed E-state index contributed by atoms with van der Waals surface area (Å²) in [6.45, 7) is 4.75. The molecule has 194 valence electrons. The highest BCUT2D eigenvalue weighted by Crippen LogP contribution is 2.36. The third kappa shape index (κ3) is 8.75. The number of nitrogens with two attached hydrogens (primary N) is 4. The van der Waals surface area contributed by atoms with Gasteiger partial charge in [-0.1, -0.05) is 24.3 Å². The number of nitrogens with one attached hydrogen (secondary N) is 2. The van der Waals surface area contributed by atoms with Crippen LogP contribution in [0.4, 0.5) is 0 Å². The minimum Gasteiger partial charge on any atom is -0.454 e. The van der Waals surface area contributed by atoms with E-state index in [1.807, 2.05) is 6.07 Å². The van der Waals surface area contributed by atoms with Crippen LogP contribution < -0.4 is 43.0 Å². The van der Waals surface area contributed by atoms with Crippen LogP contribution in [-0.4, -0.2) is 58.1 Å². The lowest BCUT2D eigenvalue weighted by atomic mass is 9.92. The number of hydrogen-bond acceptors (Lipinski definition) is 8. The molecule has 2 atom stereocenters. The van der Waals surface area contributed by atoms with E-state index in [1.165, 1.54) is 16.7 Å². The standard InChI is InChI=1S/C27H44N6O2/c28-7-1-11-32-24(5-9-30)16-20-13-21(17-25(6-10-31)33-12-2-8-29)15-23(14-20)22-3-4-26-27(18-22)35-19-34-26/h3-4,13-15,18,24-25,32-33H,1-2,5-12,16-17,19,28-31H2. The summed E-state index contributed by atoms with van der Waals surface area (Å²) < 4.78 is 11.1. The molecule has 10 N–H and O–H groups in total. The monoisotopic (exact) mass is 484 g/mol. The highest BCUT2D eigenvalue weighted by atomic mass is 16.7. The molecule has 1 aliphatic heterocycles. The Hall–Kier alpha value is -2.20. The molecule has 0 aromatic heterocycles. The van der Waals surface area contributed by atoms with Gasteiger partial charge in [0.25, 0.3) is 0 Å². The molecule has 1 heterocycles. The van der Waals surface area contributed by atoms with Gasteiger partial charge in [-0.25, -0.2) is 0 Å². The zero-order valence-electron chi connectivity index (χ0n) is 20.9. The summed E-state index contributed by atoms with van der Waals surface area (Å²) >= 11 is 0. The fourth-order valence-corrected chi connectivity index (χ4v) is 4.58. The van der Waals surface area contributed by atoms with Crippen LogP contribution in [0, 0.1) is 0 Å². The van der Waals surface area contributed by atoms with E-state index in [0.29, 0.717) is 38.3 Å². The average Bonchev–Trinajstić information content (AvgIpc) is 3.32. The third-order valence-electron chi connectivity index (χ3n) is 6.38. The Bertz CT molecular complexity index is 854. The summed E-state index contributed by atoms with van der Waals surface area (Å²) in [6.07, 6.45) is 5.58. The van der Waals surface area contributed by atoms with Crippen LogP contribution in [0.15, 0.2) is 36.4 Å². The maximum Gasteiger partial charge on any atom is 0.231 e. The predicted octanol–water partition coefficient (Wildman–Crippen LogP) is 1.48. The van der Waals surface area contributed by atoms with Crippen molar-refractivity contribution in [2.24, 2.45) is 22.9 Å². The lowest BCUT2D eigenvalue weighted by Crippen LogP contribution is -2.35. The molecule has 35 heavy (non-hydrogen) atoms. The molecule has 0 radical (unpaired) electrons. The maximum absolute atomic E-state index is 5.93. The van der Waals surface area contributed by atoms with E-state index in [-0.39, 0.29) is 6.79 Å². The first-order valence-electron chi connectivity index (χ1n) is 13.0. The van der Waals surface area contributed by atoms with Crippen LogP contribution in [0.25, 0.3) is 11.1 Å². The van der Waals surface area contributed by atoms with Crippen LogP contribution >= 0.6 is 0 Å². The van der Waals surface area contributed by atoms with E-state index in [1.54, 1.807) is 0 Å². The maximum atomic E-state index is 5.93. The SMILES string of the molecule is NCCCNC(CCN)Cc1cc(CC(CCN)NCCCN)cc(-c2ccc3c(c2)OCO3)c1. The number of hydrogen-bond donors (Lipinski definition) is 6. The van der Waals surface area contributed by atoms with Gasteiger partial charge < -0.3 is 43.0 Å². The van der Waals surface area contributed by atoms with Gasteiger partial charge in [-0.15, -0.1) is 0 Å². The van der Waals surface area contributed by atoms with E-state index >= 15 is 0 Å². The van der Waals surface area contributed by atoms with Crippen molar-refractivity contribution in [1.82, 2.24) is 10.6 Å². The van der Waals surface area contributed by atoms with Crippen molar-refractivity contribution >= 4 is 0 Å². The van der Waals surface area contributed by atoms with Gasteiger partial charge in [-0.05, 0) is 112 Å². The lowest BCUT2D eigenvalue weighted by molar-refractivity contribution is 0.174. The van der Waals surface area contributed by atoms with Crippen LogP contribution in [0.5, 0.6) is 11.5 Å². The first-order chi connectivity index (χ1) is 17.2. The molecule has 8 nitrogen and oxygen atoms in total. The van der Waals surface area contributed by atoms with Crippen molar-refractivity contribution in [1.29, 1.82) is 0 Å². The highest BCUT2D eigenvalue weighted by Gasteiger charge is 2.17. The van der Waals surface area contributed by atoms with E-state index in [4.69, 9.17) is 32.4 Å². The molecule has 2 aromatic rings. The Morgan fingerprint density at radius 1 is 0.657 bits per heavy atom. The summed E-state index contributed by atoms with van der Waals surface area (Å²) in [6, 6.07) is 13.7. The second kappa shape index (κ2) is 15.0. The van der Waals surface area contributed by atoms with Gasteiger partial charge in [0.05, 0.1) is 0 Å². The Balaban J connectivity index is 1.87. The minimum absolute atomic E-state index is 0.272. The largest absolute Gasteiger partial charge is 0.454 e. The van der Waals surface area contributed by atoms with Gasteiger partial charge in [-0.3, -0.25) is 0 Å². The molecule has 0 saturated carbocycles. The first kappa shape index (κ1) is 27.4. The van der Waals surface area contributed by atoms with E-state index < -0.39 is 0 Å². The van der Waals surface area contributed by atoms with E-state index in [2.05, 4.69) is 41.0 Å². The van der Waals surface area contributed by atoms with E-state index in [9.17, 15) is 0 Å². The third-order valence-corrected chi connectivity index (χ3v) is 6.38. The van der Waals surface area contributed by atoms with Crippen LogP contribution in [-0.2, 0) is 12.8 Å². The zero-order valence-corrected chi connectivity index (χ0v) is 20.9. The van der Waals surface area contributed by atoms with Crippen molar-refractivity contribution in [2.45, 2.75) is 50.6 Å². The predicted molar refractivity (Wildman–Crippen MR) is 144 cm³/mol. The smallest absolute Gasteiger partial charge is 0.231 e. The molecule has 1 aliphatic rings. The summed E-state index contributed by atoms with van der Waals surface area (Å²) in [5, 5.41) is 7.28.